The quantitative estimate of drug-likeness (QED) is 0.271. The van der Waals surface area contributed by atoms with Gasteiger partial charge in [-0.15, -0.1) is 0 Å². The van der Waals surface area contributed by atoms with E-state index in [1.54, 1.807) is 0 Å². The standard InChI is InChI=1S/C21H34N6O5S/c1-12(2)17(22)20(30)27-7-4-5-16(27)19(29)26-15(9-13-10-23-11-24-13)18(28)25-14(21(31)32)6-8-33-3/h10-12,14-17H,4-9,22H2,1-3H3,(H,23,24)(H,25,28)(H,26,29)(H,31,32). The molecule has 33 heavy (non-hydrogen) atoms. The maximum absolute atomic E-state index is 13.1. The summed E-state index contributed by atoms with van der Waals surface area (Å²) in [7, 11) is 0. The maximum Gasteiger partial charge on any atom is 0.326 e. The van der Waals surface area contributed by atoms with Gasteiger partial charge in [0.15, 0.2) is 0 Å². The topological polar surface area (TPSA) is 171 Å². The minimum Gasteiger partial charge on any atom is -0.480 e. The van der Waals surface area contributed by atoms with Gasteiger partial charge < -0.3 is 31.4 Å². The summed E-state index contributed by atoms with van der Waals surface area (Å²) in [4.78, 5) is 58.7. The Bertz CT molecular complexity index is 818. The summed E-state index contributed by atoms with van der Waals surface area (Å²) in [6.45, 7) is 4.10. The predicted octanol–water partition coefficient (Wildman–Crippen LogP) is -0.266. The van der Waals surface area contributed by atoms with Gasteiger partial charge >= 0.3 is 5.97 Å². The number of nitrogens with one attached hydrogen (secondary N) is 3. The molecule has 1 saturated heterocycles. The first-order valence-electron chi connectivity index (χ1n) is 11.0. The Morgan fingerprint density at radius 2 is 2.03 bits per heavy atom. The Hall–Kier alpha value is -2.60. The third kappa shape index (κ3) is 7.46. The number of hydrogen-bond acceptors (Lipinski definition) is 7. The number of likely N-dealkylation sites (tertiary alicyclic amines) is 1. The average molecular weight is 483 g/mol. The average Bonchev–Trinajstić information content (AvgIpc) is 3.46. The minimum absolute atomic E-state index is 0.0741. The second kappa shape index (κ2) is 12.6. The van der Waals surface area contributed by atoms with E-state index in [1.165, 1.54) is 29.2 Å². The van der Waals surface area contributed by atoms with Crippen LogP contribution in [0.3, 0.4) is 0 Å². The van der Waals surface area contributed by atoms with Gasteiger partial charge in [0.05, 0.1) is 12.4 Å². The Balaban J connectivity index is 2.15. The van der Waals surface area contributed by atoms with Gasteiger partial charge in [-0.1, -0.05) is 13.8 Å². The molecule has 1 aromatic heterocycles. The van der Waals surface area contributed by atoms with Crippen LogP contribution in [0.25, 0.3) is 0 Å². The number of hydrogen-bond donors (Lipinski definition) is 5. The van der Waals surface area contributed by atoms with E-state index in [-0.39, 0.29) is 24.7 Å². The van der Waals surface area contributed by atoms with E-state index < -0.39 is 42.0 Å². The molecule has 1 aromatic rings. The molecular formula is C21H34N6O5S. The summed E-state index contributed by atoms with van der Waals surface area (Å²) in [5.74, 6) is -2.02. The van der Waals surface area contributed by atoms with E-state index in [1.807, 2.05) is 20.1 Å². The van der Waals surface area contributed by atoms with Crippen molar-refractivity contribution in [2.24, 2.45) is 11.7 Å². The van der Waals surface area contributed by atoms with E-state index in [0.717, 1.165) is 0 Å². The largest absolute Gasteiger partial charge is 0.480 e. The Labute approximate surface area is 197 Å². The van der Waals surface area contributed by atoms with E-state index >= 15 is 0 Å². The predicted molar refractivity (Wildman–Crippen MR) is 124 cm³/mol. The molecule has 1 fully saturated rings. The smallest absolute Gasteiger partial charge is 0.326 e. The zero-order valence-electron chi connectivity index (χ0n) is 19.2. The number of carboxylic acids is 1. The summed E-state index contributed by atoms with van der Waals surface area (Å²) in [6.07, 6.45) is 6.30. The number of amides is 3. The zero-order chi connectivity index (χ0) is 24.5. The van der Waals surface area contributed by atoms with Crippen molar-refractivity contribution in [3.8, 4) is 0 Å². The third-order valence-corrected chi connectivity index (χ3v) is 6.32. The van der Waals surface area contributed by atoms with Crippen LogP contribution in [-0.4, -0.2) is 86.4 Å². The first kappa shape index (κ1) is 26.7. The Morgan fingerprint density at radius 3 is 2.61 bits per heavy atom. The van der Waals surface area contributed by atoms with Crippen molar-refractivity contribution in [2.75, 3.05) is 18.6 Å². The normalized spacial score (nSPS) is 18.6. The molecule has 184 valence electrons. The fraction of sp³-hybridized carbons (Fsp3) is 0.667. The molecule has 0 radical (unpaired) electrons. The SMILES string of the molecule is CSCCC(NC(=O)C(Cc1cnc[nH]1)NC(=O)C1CCCN1C(=O)C(N)C(C)C)C(=O)O. The van der Waals surface area contributed by atoms with Gasteiger partial charge in [-0.2, -0.15) is 11.8 Å². The van der Waals surface area contributed by atoms with Gasteiger partial charge in [0.2, 0.25) is 17.7 Å². The number of aromatic amines is 1. The first-order valence-corrected chi connectivity index (χ1v) is 12.4. The zero-order valence-corrected chi connectivity index (χ0v) is 20.1. The lowest BCUT2D eigenvalue weighted by Crippen LogP contribution is -2.57. The van der Waals surface area contributed by atoms with Crippen molar-refractivity contribution >= 4 is 35.5 Å². The van der Waals surface area contributed by atoms with Crippen LogP contribution in [0.4, 0.5) is 0 Å². The number of carbonyl (C=O) groups is 4. The molecule has 0 aliphatic carbocycles. The van der Waals surface area contributed by atoms with Gasteiger partial charge in [-0.05, 0) is 37.2 Å². The molecule has 12 heteroatoms. The van der Waals surface area contributed by atoms with E-state index in [4.69, 9.17) is 5.73 Å². The van der Waals surface area contributed by atoms with Crippen molar-refractivity contribution in [1.29, 1.82) is 0 Å². The number of carbonyl (C=O) groups excluding carboxylic acids is 3. The molecule has 2 heterocycles. The van der Waals surface area contributed by atoms with Crippen LogP contribution in [0, 0.1) is 5.92 Å². The van der Waals surface area contributed by atoms with Crippen LogP contribution in [0.5, 0.6) is 0 Å². The fourth-order valence-corrected chi connectivity index (χ4v) is 4.11. The van der Waals surface area contributed by atoms with E-state index in [9.17, 15) is 24.3 Å². The van der Waals surface area contributed by atoms with Gasteiger partial charge in [-0.25, -0.2) is 9.78 Å². The van der Waals surface area contributed by atoms with E-state index in [2.05, 4.69) is 20.6 Å². The third-order valence-electron chi connectivity index (χ3n) is 5.68. The molecule has 1 aliphatic rings. The lowest BCUT2D eigenvalue weighted by atomic mass is 10.0. The molecule has 1 aliphatic heterocycles. The number of thioether (sulfide) groups is 1. The summed E-state index contributed by atoms with van der Waals surface area (Å²) < 4.78 is 0. The highest BCUT2D eigenvalue weighted by Gasteiger charge is 2.38. The summed E-state index contributed by atoms with van der Waals surface area (Å²) in [5, 5.41) is 14.7. The van der Waals surface area contributed by atoms with Crippen LogP contribution < -0.4 is 16.4 Å². The summed E-state index contributed by atoms with van der Waals surface area (Å²) in [6, 6.07) is -3.55. The lowest BCUT2D eigenvalue weighted by molar-refractivity contribution is -0.143. The maximum atomic E-state index is 13.1. The molecule has 0 bridgehead atoms. The summed E-state index contributed by atoms with van der Waals surface area (Å²) >= 11 is 1.48. The number of nitrogens with zero attached hydrogens (tertiary/aromatic N) is 2. The lowest BCUT2D eigenvalue weighted by Gasteiger charge is -2.29. The van der Waals surface area contributed by atoms with Crippen LogP contribution in [0.1, 0.15) is 38.8 Å². The van der Waals surface area contributed by atoms with Crippen LogP contribution >= 0.6 is 11.8 Å². The molecule has 6 N–H and O–H groups in total. The van der Waals surface area contributed by atoms with Crippen molar-refractivity contribution < 1.29 is 24.3 Å². The number of aromatic nitrogens is 2. The molecule has 0 spiro atoms. The van der Waals surface area contributed by atoms with Crippen LogP contribution in [0.2, 0.25) is 0 Å². The van der Waals surface area contributed by atoms with E-state index in [0.29, 0.717) is 30.8 Å². The van der Waals surface area contributed by atoms with Crippen molar-refractivity contribution in [2.45, 2.75) is 63.7 Å². The van der Waals surface area contributed by atoms with Gasteiger partial charge in [0.1, 0.15) is 18.1 Å². The first-order chi connectivity index (χ1) is 15.6. The molecule has 4 atom stereocenters. The number of H-pyrrole nitrogens is 1. The van der Waals surface area contributed by atoms with Crippen molar-refractivity contribution in [3.05, 3.63) is 18.2 Å². The second-order valence-corrected chi connectivity index (χ2v) is 9.47. The molecule has 0 aromatic carbocycles. The monoisotopic (exact) mass is 482 g/mol. The van der Waals surface area contributed by atoms with Crippen molar-refractivity contribution in [3.63, 3.8) is 0 Å². The molecule has 2 rings (SSSR count). The molecular weight excluding hydrogens is 448 g/mol. The molecule has 0 saturated carbocycles. The second-order valence-electron chi connectivity index (χ2n) is 8.48. The highest BCUT2D eigenvalue weighted by atomic mass is 32.2. The number of carboxylic acid groups (broad SMARTS) is 1. The molecule has 4 unspecified atom stereocenters. The summed E-state index contributed by atoms with van der Waals surface area (Å²) in [5.41, 5.74) is 6.61. The van der Waals surface area contributed by atoms with Crippen LogP contribution in [-0.2, 0) is 25.6 Å². The molecule has 11 nitrogen and oxygen atoms in total. The van der Waals surface area contributed by atoms with Crippen LogP contribution in [0.15, 0.2) is 12.5 Å². The minimum atomic E-state index is -1.14. The number of nitrogens with two attached hydrogens (primary N) is 1. The number of aliphatic carboxylic acids is 1. The van der Waals surface area contributed by atoms with Gasteiger partial charge in [0, 0.05) is 24.9 Å². The van der Waals surface area contributed by atoms with Gasteiger partial charge in [0.25, 0.3) is 0 Å². The highest BCUT2D eigenvalue weighted by Crippen LogP contribution is 2.20. The Morgan fingerprint density at radius 1 is 1.30 bits per heavy atom. The Kier molecular flexibility index (Phi) is 10.2. The van der Waals surface area contributed by atoms with Gasteiger partial charge in [-0.3, -0.25) is 14.4 Å². The number of rotatable bonds is 12. The number of imidazole rings is 1. The van der Waals surface area contributed by atoms with Crippen molar-refractivity contribution in [1.82, 2.24) is 25.5 Å². The highest BCUT2D eigenvalue weighted by molar-refractivity contribution is 7.98. The molecule has 3 amide bonds. The fourth-order valence-electron chi connectivity index (χ4n) is 3.64.